The number of hydrogen-bond acceptors (Lipinski definition) is 2. The molecule has 0 amide bonds. The number of fused-ring (bicyclic) bond motifs is 3. The summed E-state index contributed by atoms with van der Waals surface area (Å²) in [6.07, 6.45) is 1.86. The Morgan fingerprint density at radius 2 is 2.00 bits per heavy atom. The molecule has 78 valence electrons. The summed E-state index contributed by atoms with van der Waals surface area (Å²) in [4.78, 5) is 15.8. The van der Waals surface area contributed by atoms with Gasteiger partial charge in [-0.25, -0.2) is 0 Å². The summed E-state index contributed by atoms with van der Waals surface area (Å²) >= 11 is 6.01. The first-order valence-electron chi connectivity index (χ1n) is 4.83. The van der Waals surface area contributed by atoms with E-state index in [0.29, 0.717) is 16.1 Å². The monoisotopic (exact) mass is 230 g/mol. The van der Waals surface area contributed by atoms with Gasteiger partial charge in [0.15, 0.2) is 0 Å². The number of halogens is 1. The number of nitrogens with zero attached hydrogens (tertiary/aromatic N) is 2. The fourth-order valence-electron chi connectivity index (χ4n) is 1.81. The van der Waals surface area contributed by atoms with Crippen LogP contribution in [-0.2, 0) is 0 Å². The van der Waals surface area contributed by atoms with Gasteiger partial charge in [-0.3, -0.25) is 4.79 Å². The third kappa shape index (κ3) is 1.22. The Kier molecular flexibility index (Phi) is 1.94. The Hall–Kier alpha value is -1.87. The summed E-state index contributed by atoms with van der Waals surface area (Å²) in [5.41, 5.74) is 1.12. The molecule has 0 aliphatic rings. The van der Waals surface area contributed by atoms with E-state index in [4.69, 9.17) is 11.6 Å². The minimum absolute atomic E-state index is 0.285. The number of aromatic nitrogens is 2. The van der Waals surface area contributed by atoms with Gasteiger partial charge in [0, 0.05) is 6.20 Å². The Morgan fingerprint density at radius 1 is 1.12 bits per heavy atom. The molecule has 16 heavy (non-hydrogen) atoms. The van der Waals surface area contributed by atoms with Crippen molar-refractivity contribution in [2.24, 2.45) is 0 Å². The molecule has 0 fully saturated rings. The molecule has 1 aromatic carbocycles. The smallest absolute Gasteiger partial charge is 0.282 e. The summed E-state index contributed by atoms with van der Waals surface area (Å²) in [6.45, 7) is 0. The maximum absolute atomic E-state index is 11.8. The largest absolute Gasteiger partial charge is 0.301 e. The molecule has 0 saturated heterocycles. The zero-order chi connectivity index (χ0) is 11.1. The third-order valence-corrected chi connectivity index (χ3v) is 2.83. The van der Waals surface area contributed by atoms with Crippen molar-refractivity contribution >= 4 is 28.2 Å². The number of rotatable bonds is 0. The second-order valence-electron chi connectivity index (χ2n) is 3.48. The van der Waals surface area contributed by atoms with Crippen molar-refractivity contribution < 1.29 is 0 Å². The fraction of sp³-hybridized carbons (Fsp3) is 0. The van der Waals surface area contributed by atoms with Crippen LogP contribution in [0.3, 0.4) is 0 Å². The summed E-state index contributed by atoms with van der Waals surface area (Å²) in [6, 6.07) is 10.9. The van der Waals surface area contributed by atoms with Crippen LogP contribution in [0, 0.1) is 0 Å². The Morgan fingerprint density at radius 3 is 2.88 bits per heavy atom. The normalized spacial score (nSPS) is 11.1. The predicted octanol–water partition coefficient (Wildman–Crippen LogP) is 2.50. The Bertz CT molecular complexity index is 749. The Labute approximate surface area is 95.9 Å². The van der Waals surface area contributed by atoms with E-state index in [9.17, 15) is 4.79 Å². The zero-order valence-corrected chi connectivity index (χ0v) is 8.98. The molecular formula is C12H7ClN2O. The topological polar surface area (TPSA) is 34.4 Å². The van der Waals surface area contributed by atoms with Crippen molar-refractivity contribution in [1.29, 1.82) is 0 Å². The molecule has 3 aromatic rings. The number of pyridine rings is 1. The molecule has 0 atom stereocenters. The highest BCUT2D eigenvalue weighted by atomic mass is 35.5. The molecule has 0 bridgehead atoms. The van der Waals surface area contributed by atoms with Crippen LogP contribution < -0.4 is 5.56 Å². The van der Waals surface area contributed by atoms with E-state index in [0.717, 1.165) is 5.52 Å². The van der Waals surface area contributed by atoms with Crippen molar-refractivity contribution in [3.8, 4) is 0 Å². The standard InChI is InChI=1S/C12H7ClN2O/c13-8-4-3-5-9-11(8)12(16)14-10-6-1-2-7-15(9)10/h1-7H. The quantitative estimate of drug-likeness (QED) is 0.556. The lowest BCUT2D eigenvalue weighted by Crippen LogP contribution is -2.10. The van der Waals surface area contributed by atoms with Crippen LogP contribution in [0.2, 0.25) is 5.02 Å². The molecular weight excluding hydrogens is 224 g/mol. The van der Waals surface area contributed by atoms with Crippen molar-refractivity contribution in [2.45, 2.75) is 0 Å². The van der Waals surface area contributed by atoms with Gasteiger partial charge in [-0.1, -0.05) is 23.7 Å². The lowest BCUT2D eigenvalue weighted by molar-refractivity contribution is 1.13. The summed E-state index contributed by atoms with van der Waals surface area (Å²) in [7, 11) is 0. The van der Waals surface area contributed by atoms with E-state index < -0.39 is 0 Å². The van der Waals surface area contributed by atoms with Crippen molar-refractivity contribution in [1.82, 2.24) is 9.38 Å². The van der Waals surface area contributed by atoms with Crippen LogP contribution in [0.15, 0.2) is 47.4 Å². The molecule has 0 aliphatic carbocycles. The van der Waals surface area contributed by atoms with Crippen LogP contribution in [0.25, 0.3) is 16.6 Å². The minimum atomic E-state index is -0.285. The molecule has 4 heteroatoms. The fourth-order valence-corrected chi connectivity index (χ4v) is 2.06. The van der Waals surface area contributed by atoms with Crippen LogP contribution in [-0.4, -0.2) is 9.38 Å². The molecule has 0 unspecified atom stereocenters. The van der Waals surface area contributed by atoms with Gasteiger partial charge in [0.2, 0.25) is 0 Å². The van der Waals surface area contributed by atoms with Gasteiger partial charge in [-0.2, -0.15) is 4.98 Å². The van der Waals surface area contributed by atoms with E-state index in [1.807, 2.05) is 34.9 Å². The lowest BCUT2D eigenvalue weighted by Gasteiger charge is -2.05. The lowest BCUT2D eigenvalue weighted by atomic mass is 10.2. The first kappa shape index (κ1) is 9.36. The van der Waals surface area contributed by atoms with E-state index in [1.165, 1.54) is 0 Å². The van der Waals surface area contributed by atoms with E-state index in [1.54, 1.807) is 12.1 Å². The molecule has 3 nitrogen and oxygen atoms in total. The van der Waals surface area contributed by atoms with Gasteiger partial charge >= 0.3 is 0 Å². The predicted molar refractivity (Wildman–Crippen MR) is 64.0 cm³/mol. The molecule has 0 radical (unpaired) electrons. The number of benzene rings is 1. The van der Waals surface area contributed by atoms with Crippen LogP contribution >= 0.6 is 11.6 Å². The van der Waals surface area contributed by atoms with E-state index in [2.05, 4.69) is 4.98 Å². The van der Waals surface area contributed by atoms with Crippen LogP contribution in [0.1, 0.15) is 0 Å². The molecule has 0 aliphatic heterocycles. The SMILES string of the molecule is O=c1nc2ccccn2c2cccc(Cl)c12. The summed E-state index contributed by atoms with van der Waals surface area (Å²) in [5, 5.41) is 0.904. The molecule has 0 N–H and O–H groups in total. The van der Waals surface area contributed by atoms with Crippen molar-refractivity contribution in [3.63, 3.8) is 0 Å². The first-order chi connectivity index (χ1) is 7.77. The van der Waals surface area contributed by atoms with Gasteiger partial charge in [0.25, 0.3) is 5.56 Å². The maximum atomic E-state index is 11.8. The average molecular weight is 231 g/mol. The Balaban J connectivity index is 2.71. The van der Waals surface area contributed by atoms with Crippen LogP contribution in [0.5, 0.6) is 0 Å². The minimum Gasteiger partial charge on any atom is -0.301 e. The highest BCUT2D eigenvalue weighted by Crippen LogP contribution is 2.19. The highest BCUT2D eigenvalue weighted by molar-refractivity contribution is 6.35. The van der Waals surface area contributed by atoms with Gasteiger partial charge in [-0.15, -0.1) is 0 Å². The molecule has 2 aromatic heterocycles. The summed E-state index contributed by atoms with van der Waals surface area (Å²) in [5.74, 6) is 0. The molecule has 0 saturated carbocycles. The average Bonchev–Trinajstić information content (AvgIpc) is 2.29. The second kappa shape index (κ2) is 3.32. The van der Waals surface area contributed by atoms with Gasteiger partial charge < -0.3 is 4.40 Å². The van der Waals surface area contributed by atoms with Gasteiger partial charge in [0.1, 0.15) is 5.65 Å². The zero-order valence-electron chi connectivity index (χ0n) is 8.22. The van der Waals surface area contributed by atoms with Crippen molar-refractivity contribution in [3.05, 3.63) is 58.0 Å². The summed E-state index contributed by atoms with van der Waals surface area (Å²) < 4.78 is 1.85. The second-order valence-corrected chi connectivity index (χ2v) is 3.89. The van der Waals surface area contributed by atoms with Gasteiger partial charge in [0.05, 0.1) is 15.9 Å². The van der Waals surface area contributed by atoms with Crippen LogP contribution in [0.4, 0.5) is 0 Å². The third-order valence-electron chi connectivity index (χ3n) is 2.52. The number of hydrogen-bond donors (Lipinski definition) is 0. The molecule has 2 heterocycles. The van der Waals surface area contributed by atoms with E-state index in [-0.39, 0.29) is 5.56 Å². The molecule has 3 rings (SSSR count). The van der Waals surface area contributed by atoms with Gasteiger partial charge in [-0.05, 0) is 24.3 Å². The molecule has 0 spiro atoms. The maximum Gasteiger partial charge on any atom is 0.282 e. The highest BCUT2D eigenvalue weighted by Gasteiger charge is 2.07. The van der Waals surface area contributed by atoms with E-state index >= 15 is 0 Å². The first-order valence-corrected chi connectivity index (χ1v) is 5.21. The van der Waals surface area contributed by atoms with Crippen molar-refractivity contribution in [2.75, 3.05) is 0 Å².